The number of hydrogen-bond donors (Lipinski definition) is 1. The second kappa shape index (κ2) is 6.36. The van der Waals surface area contributed by atoms with Crippen LogP contribution in [-0.4, -0.2) is 41.8 Å². The van der Waals surface area contributed by atoms with Gasteiger partial charge >= 0.3 is 0 Å². The number of anilines is 1. The quantitative estimate of drug-likeness (QED) is 0.843. The molecule has 0 radical (unpaired) electrons. The maximum Gasteiger partial charge on any atom is 0.251 e. The molecular formula is C18H23N3O3. The standard InChI is InChI=1S/C18H23N3O3/c1-11-3-4-14(9-12(11)2)21-16(22)10-15(18(21)24)20-7-5-13(6-8-20)17(19)23/h3-4,9,13,15H,5-8,10H2,1-2H3,(H2,19,23)/t15-/m0/s1. The number of piperidine rings is 1. The number of primary amides is 1. The Morgan fingerprint density at radius 1 is 1.12 bits per heavy atom. The SMILES string of the molecule is Cc1ccc(N2C(=O)C[C@H](N3CCC(C(N)=O)CC3)C2=O)cc1C. The lowest BCUT2D eigenvalue weighted by Gasteiger charge is -2.33. The fourth-order valence-electron chi connectivity index (χ4n) is 3.53. The van der Waals surface area contributed by atoms with Gasteiger partial charge in [0.05, 0.1) is 18.2 Å². The Balaban J connectivity index is 1.75. The van der Waals surface area contributed by atoms with Crippen LogP contribution in [0.5, 0.6) is 0 Å². The van der Waals surface area contributed by atoms with Gasteiger partial charge in [-0.3, -0.25) is 19.3 Å². The third-order valence-corrected chi connectivity index (χ3v) is 5.24. The molecule has 24 heavy (non-hydrogen) atoms. The molecule has 0 aromatic heterocycles. The van der Waals surface area contributed by atoms with Crippen molar-refractivity contribution >= 4 is 23.4 Å². The summed E-state index contributed by atoms with van der Waals surface area (Å²) in [5.74, 6) is -0.726. The minimum atomic E-state index is -0.423. The molecule has 6 heteroatoms. The monoisotopic (exact) mass is 329 g/mol. The molecule has 1 aromatic rings. The minimum absolute atomic E-state index is 0.121. The van der Waals surface area contributed by atoms with Gasteiger partial charge in [-0.15, -0.1) is 0 Å². The van der Waals surface area contributed by atoms with Crippen LogP contribution in [0.15, 0.2) is 18.2 Å². The number of hydrogen-bond acceptors (Lipinski definition) is 4. The van der Waals surface area contributed by atoms with Gasteiger partial charge in [0.25, 0.3) is 5.91 Å². The van der Waals surface area contributed by atoms with Crippen molar-refractivity contribution in [3.8, 4) is 0 Å². The third kappa shape index (κ3) is 2.94. The van der Waals surface area contributed by atoms with Crippen LogP contribution in [0.2, 0.25) is 0 Å². The first kappa shape index (κ1) is 16.6. The van der Waals surface area contributed by atoms with E-state index < -0.39 is 6.04 Å². The Bertz CT molecular complexity index is 693. The molecule has 0 spiro atoms. The fraction of sp³-hybridized carbons (Fsp3) is 0.500. The molecule has 2 fully saturated rings. The highest BCUT2D eigenvalue weighted by Gasteiger charge is 2.43. The molecule has 1 aromatic carbocycles. The van der Waals surface area contributed by atoms with Gasteiger partial charge in [0.15, 0.2) is 0 Å². The van der Waals surface area contributed by atoms with Gasteiger partial charge in [0.1, 0.15) is 0 Å². The summed E-state index contributed by atoms with van der Waals surface area (Å²) in [6.07, 6.45) is 1.50. The summed E-state index contributed by atoms with van der Waals surface area (Å²) in [5, 5.41) is 0. The summed E-state index contributed by atoms with van der Waals surface area (Å²) in [7, 11) is 0. The molecule has 3 amide bonds. The average molecular weight is 329 g/mol. The van der Waals surface area contributed by atoms with E-state index in [9.17, 15) is 14.4 Å². The molecule has 1 atom stereocenters. The van der Waals surface area contributed by atoms with Gasteiger partial charge in [0, 0.05) is 5.92 Å². The van der Waals surface area contributed by atoms with Gasteiger partial charge in [0.2, 0.25) is 11.8 Å². The number of amides is 3. The Kier molecular flexibility index (Phi) is 4.41. The molecular weight excluding hydrogens is 306 g/mol. The lowest BCUT2D eigenvalue weighted by Crippen LogP contribution is -2.47. The molecule has 2 saturated heterocycles. The third-order valence-electron chi connectivity index (χ3n) is 5.24. The van der Waals surface area contributed by atoms with E-state index in [-0.39, 0.29) is 30.1 Å². The van der Waals surface area contributed by atoms with E-state index in [0.29, 0.717) is 31.6 Å². The van der Waals surface area contributed by atoms with E-state index in [0.717, 1.165) is 11.1 Å². The largest absolute Gasteiger partial charge is 0.369 e. The summed E-state index contributed by atoms with van der Waals surface area (Å²) >= 11 is 0. The Hall–Kier alpha value is -2.21. The summed E-state index contributed by atoms with van der Waals surface area (Å²) in [5.41, 5.74) is 8.18. The van der Waals surface area contributed by atoms with Gasteiger partial charge in [-0.2, -0.15) is 0 Å². The second-order valence-electron chi connectivity index (χ2n) is 6.77. The van der Waals surface area contributed by atoms with Crippen LogP contribution in [0.4, 0.5) is 5.69 Å². The smallest absolute Gasteiger partial charge is 0.251 e. The fourth-order valence-corrected chi connectivity index (χ4v) is 3.53. The Morgan fingerprint density at radius 3 is 2.38 bits per heavy atom. The van der Waals surface area contributed by atoms with Gasteiger partial charge in [-0.05, 0) is 63.0 Å². The van der Waals surface area contributed by atoms with Crippen LogP contribution < -0.4 is 10.6 Å². The number of rotatable bonds is 3. The summed E-state index contributed by atoms with van der Waals surface area (Å²) in [6.45, 7) is 5.21. The molecule has 2 heterocycles. The van der Waals surface area contributed by atoms with Crippen LogP contribution in [0, 0.1) is 19.8 Å². The molecule has 0 aliphatic carbocycles. The molecule has 2 aliphatic rings. The first-order valence-electron chi connectivity index (χ1n) is 8.36. The van der Waals surface area contributed by atoms with Gasteiger partial charge in [-0.1, -0.05) is 6.07 Å². The van der Waals surface area contributed by atoms with E-state index in [1.807, 2.05) is 36.9 Å². The minimum Gasteiger partial charge on any atom is -0.369 e. The zero-order valence-corrected chi connectivity index (χ0v) is 14.1. The number of nitrogens with two attached hydrogens (primary N) is 1. The van der Waals surface area contributed by atoms with Crippen molar-refractivity contribution in [2.45, 2.75) is 39.2 Å². The van der Waals surface area contributed by atoms with E-state index >= 15 is 0 Å². The molecule has 128 valence electrons. The summed E-state index contributed by atoms with van der Waals surface area (Å²) < 4.78 is 0. The number of carbonyl (C=O) groups is 3. The van der Waals surface area contributed by atoms with Crippen LogP contribution in [-0.2, 0) is 14.4 Å². The first-order chi connectivity index (χ1) is 11.4. The highest BCUT2D eigenvalue weighted by molar-refractivity contribution is 6.22. The van der Waals surface area contributed by atoms with Gasteiger partial charge in [-0.25, -0.2) is 4.90 Å². The molecule has 0 bridgehead atoms. The van der Waals surface area contributed by atoms with E-state index in [4.69, 9.17) is 5.73 Å². The highest BCUT2D eigenvalue weighted by Crippen LogP contribution is 2.29. The maximum absolute atomic E-state index is 12.8. The first-order valence-corrected chi connectivity index (χ1v) is 8.36. The Morgan fingerprint density at radius 2 is 1.79 bits per heavy atom. The molecule has 6 nitrogen and oxygen atoms in total. The number of benzene rings is 1. The van der Waals surface area contributed by atoms with Gasteiger partial charge < -0.3 is 5.73 Å². The zero-order valence-electron chi connectivity index (χ0n) is 14.1. The van der Waals surface area contributed by atoms with Crippen molar-refractivity contribution in [3.05, 3.63) is 29.3 Å². The lowest BCUT2D eigenvalue weighted by molar-refractivity contribution is -0.124. The summed E-state index contributed by atoms with van der Waals surface area (Å²) in [4.78, 5) is 39.8. The maximum atomic E-state index is 12.8. The van der Waals surface area contributed by atoms with E-state index in [1.165, 1.54) is 4.90 Å². The number of aryl methyl sites for hydroxylation is 2. The van der Waals surface area contributed by atoms with Crippen molar-refractivity contribution in [1.29, 1.82) is 0 Å². The lowest BCUT2D eigenvalue weighted by atomic mass is 9.95. The molecule has 2 N–H and O–H groups in total. The van der Waals surface area contributed by atoms with Crippen LogP contribution in [0.25, 0.3) is 0 Å². The van der Waals surface area contributed by atoms with Crippen molar-refractivity contribution in [2.75, 3.05) is 18.0 Å². The number of likely N-dealkylation sites (tertiary alicyclic amines) is 1. The molecule has 0 unspecified atom stereocenters. The predicted octanol–water partition coefficient (Wildman–Crippen LogP) is 1.13. The normalized spacial score (nSPS) is 23.1. The van der Waals surface area contributed by atoms with Crippen LogP contribution >= 0.6 is 0 Å². The predicted molar refractivity (Wildman–Crippen MR) is 90.3 cm³/mol. The Labute approximate surface area is 141 Å². The molecule has 3 rings (SSSR count). The number of imide groups is 1. The average Bonchev–Trinajstić information content (AvgIpc) is 2.85. The van der Waals surface area contributed by atoms with Crippen molar-refractivity contribution < 1.29 is 14.4 Å². The van der Waals surface area contributed by atoms with E-state index in [1.54, 1.807) is 0 Å². The van der Waals surface area contributed by atoms with Crippen molar-refractivity contribution in [2.24, 2.45) is 11.7 Å². The van der Waals surface area contributed by atoms with E-state index in [2.05, 4.69) is 0 Å². The highest BCUT2D eigenvalue weighted by atomic mass is 16.2. The number of carbonyl (C=O) groups excluding carboxylic acids is 3. The van der Waals surface area contributed by atoms with Crippen LogP contribution in [0.3, 0.4) is 0 Å². The van der Waals surface area contributed by atoms with Crippen LogP contribution in [0.1, 0.15) is 30.4 Å². The topological polar surface area (TPSA) is 83.7 Å². The zero-order chi connectivity index (χ0) is 17.4. The second-order valence-corrected chi connectivity index (χ2v) is 6.77. The summed E-state index contributed by atoms with van der Waals surface area (Å²) in [6, 6.07) is 5.21. The van der Waals surface area contributed by atoms with Crippen molar-refractivity contribution in [1.82, 2.24) is 4.90 Å². The molecule has 2 aliphatic heterocycles. The number of nitrogens with zero attached hydrogens (tertiary/aromatic N) is 2. The van der Waals surface area contributed by atoms with Crippen molar-refractivity contribution in [3.63, 3.8) is 0 Å². The molecule has 0 saturated carbocycles.